The zero-order chi connectivity index (χ0) is 12.3. The largest absolute Gasteiger partial charge is 0.480 e. The van der Waals surface area contributed by atoms with E-state index in [9.17, 15) is 4.79 Å². The van der Waals surface area contributed by atoms with E-state index >= 15 is 0 Å². The number of rotatable bonds is 4. The second kappa shape index (κ2) is 5.41. The highest BCUT2D eigenvalue weighted by Crippen LogP contribution is 2.31. The Labute approximate surface area is 102 Å². The van der Waals surface area contributed by atoms with Crippen LogP contribution in [0.4, 0.5) is 0 Å². The molecule has 3 nitrogen and oxygen atoms in total. The molecule has 3 atom stereocenters. The fourth-order valence-electron chi connectivity index (χ4n) is 2.31. The standard InChI is InChI=1S/C12H23NO2S/c1-8(6-12(2,3)4)5-10-13-9(7-16-10)11(14)15/h8-10,13H,5-7H2,1-4H3,(H,14,15)/t8-,9+,10+/m1/s1. The lowest BCUT2D eigenvalue weighted by Crippen LogP contribution is -2.37. The van der Waals surface area contributed by atoms with Crippen molar-refractivity contribution in [3.63, 3.8) is 0 Å². The maximum Gasteiger partial charge on any atom is 0.321 e. The van der Waals surface area contributed by atoms with Gasteiger partial charge < -0.3 is 5.11 Å². The van der Waals surface area contributed by atoms with Gasteiger partial charge in [-0.15, -0.1) is 11.8 Å². The SMILES string of the molecule is C[C@H](C[C@H]1N[C@H](C(=O)O)CS1)CC(C)(C)C. The summed E-state index contributed by atoms with van der Waals surface area (Å²) in [5, 5.41) is 12.4. The molecule has 16 heavy (non-hydrogen) atoms. The van der Waals surface area contributed by atoms with Crippen molar-refractivity contribution in [3.8, 4) is 0 Å². The molecule has 0 aliphatic carbocycles. The van der Waals surface area contributed by atoms with Gasteiger partial charge in [-0.25, -0.2) is 0 Å². The summed E-state index contributed by atoms with van der Waals surface area (Å²) in [7, 11) is 0. The average Bonchev–Trinajstić information content (AvgIpc) is 2.48. The molecule has 0 amide bonds. The van der Waals surface area contributed by atoms with Gasteiger partial charge in [0.25, 0.3) is 0 Å². The van der Waals surface area contributed by atoms with Crippen LogP contribution in [-0.2, 0) is 4.79 Å². The van der Waals surface area contributed by atoms with Crippen molar-refractivity contribution in [2.45, 2.75) is 52.0 Å². The summed E-state index contributed by atoms with van der Waals surface area (Å²) in [5.41, 5.74) is 0.356. The third-order valence-corrected chi connectivity index (χ3v) is 3.98. The monoisotopic (exact) mass is 245 g/mol. The highest BCUT2D eigenvalue weighted by atomic mass is 32.2. The first-order valence-corrected chi connectivity index (χ1v) is 6.93. The van der Waals surface area contributed by atoms with E-state index in [0.29, 0.717) is 22.5 Å². The fraction of sp³-hybridized carbons (Fsp3) is 0.917. The van der Waals surface area contributed by atoms with E-state index in [2.05, 4.69) is 33.0 Å². The van der Waals surface area contributed by atoms with Crippen LogP contribution in [0.15, 0.2) is 0 Å². The van der Waals surface area contributed by atoms with Gasteiger partial charge in [0, 0.05) is 5.75 Å². The van der Waals surface area contributed by atoms with Gasteiger partial charge in [0.05, 0.1) is 5.37 Å². The molecule has 0 aromatic rings. The van der Waals surface area contributed by atoms with Crippen LogP contribution in [0.25, 0.3) is 0 Å². The van der Waals surface area contributed by atoms with E-state index in [1.54, 1.807) is 11.8 Å². The quantitative estimate of drug-likeness (QED) is 0.799. The molecule has 1 rings (SSSR count). The predicted octanol–water partition coefficient (Wildman–Crippen LogP) is 2.56. The van der Waals surface area contributed by atoms with Gasteiger partial charge in [-0.05, 0) is 24.2 Å². The van der Waals surface area contributed by atoms with Gasteiger partial charge >= 0.3 is 5.97 Å². The lowest BCUT2D eigenvalue weighted by atomic mass is 9.84. The second-order valence-corrected chi connectivity index (χ2v) is 7.22. The Morgan fingerprint density at radius 2 is 2.19 bits per heavy atom. The van der Waals surface area contributed by atoms with Crippen LogP contribution in [0.1, 0.15) is 40.5 Å². The van der Waals surface area contributed by atoms with Crippen molar-refractivity contribution < 1.29 is 9.90 Å². The Morgan fingerprint density at radius 1 is 1.56 bits per heavy atom. The van der Waals surface area contributed by atoms with Crippen LogP contribution in [0.5, 0.6) is 0 Å². The number of hydrogen-bond acceptors (Lipinski definition) is 3. The minimum Gasteiger partial charge on any atom is -0.480 e. The molecule has 0 spiro atoms. The van der Waals surface area contributed by atoms with E-state index in [0.717, 1.165) is 6.42 Å². The van der Waals surface area contributed by atoms with Crippen LogP contribution in [-0.4, -0.2) is 28.2 Å². The summed E-state index contributed by atoms with van der Waals surface area (Å²) in [5.74, 6) is 0.610. The topological polar surface area (TPSA) is 49.3 Å². The van der Waals surface area contributed by atoms with Crippen molar-refractivity contribution in [1.82, 2.24) is 5.32 Å². The van der Waals surface area contributed by atoms with Crippen LogP contribution >= 0.6 is 11.8 Å². The van der Waals surface area contributed by atoms with Gasteiger partial charge in [-0.1, -0.05) is 27.7 Å². The smallest absolute Gasteiger partial charge is 0.321 e. The van der Waals surface area contributed by atoms with Gasteiger partial charge in [0.1, 0.15) is 6.04 Å². The van der Waals surface area contributed by atoms with Crippen molar-refractivity contribution in [1.29, 1.82) is 0 Å². The van der Waals surface area contributed by atoms with Gasteiger partial charge in [-0.2, -0.15) is 0 Å². The molecule has 0 saturated carbocycles. The maximum atomic E-state index is 10.8. The van der Waals surface area contributed by atoms with E-state index in [4.69, 9.17) is 5.11 Å². The number of carboxylic acid groups (broad SMARTS) is 1. The minimum atomic E-state index is -0.724. The Kier molecular flexibility index (Phi) is 4.68. The van der Waals surface area contributed by atoms with E-state index in [1.165, 1.54) is 6.42 Å². The van der Waals surface area contributed by atoms with Crippen LogP contribution in [0, 0.1) is 11.3 Å². The zero-order valence-corrected chi connectivity index (χ0v) is 11.4. The van der Waals surface area contributed by atoms with Crippen molar-refractivity contribution in [2.24, 2.45) is 11.3 Å². The van der Waals surface area contributed by atoms with Crippen LogP contribution in [0.3, 0.4) is 0 Å². The lowest BCUT2D eigenvalue weighted by molar-refractivity contribution is -0.138. The minimum absolute atomic E-state index is 0.318. The molecule has 0 bridgehead atoms. The normalized spacial score (nSPS) is 28.0. The molecule has 0 unspecified atom stereocenters. The van der Waals surface area contributed by atoms with Gasteiger partial charge in [-0.3, -0.25) is 10.1 Å². The number of hydrogen-bond donors (Lipinski definition) is 2. The van der Waals surface area contributed by atoms with Crippen LogP contribution < -0.4 is 5.32 Å². The molecule has 0 aromatic heterocycles. The summed E-state index contributed by atoms with van der Waals surface area (Å²) in [6.07, 6.45) is 2.25. The third-order valence-electron chi connectivity index (χ3n) is 2.73. The van der Waals surface area contributed by atoms with Gasteiger partial charge in [0.15, 0.2) is 0 Å². The molecule has 1 aliphatic heterocycles. The second-order valence-electron chi connectivity index (χ2n) is 5.99. The van der Waals surface area contributed by atoms with Crippen molar-refractivity contribution in [2.75, 3.05) is 5.75 Å². The fourth-order valence-corrected chi connectivity index (χ4v) is 3.69. The maximum absolute atomic E-state index is 10.8. The molecule has 4 heteroatoms. The van der Waals surface area contributed by atoms with Crippen molar-refractivity contribution >= 4 is 17.7 Å². The molecular formula is C12H23NO2S. The zero-order valence-electron chi connectivity index (χ0n) is 10.6. The van der Waals surface area contributed by atoms with E-state index < -0.39 is 5.97 Å². The summed E-state index contributed by atoms with van der Waals surface area (Å²) in [4.78, 5) is 10.8. The number of thioether (sulfide) groups is 1. The number of carbonyl (C=O) groups is 1. The number of carboxylic acids is 1. The number of nitrogens with one attached hydrogen (secondary N) is 1. The Hall–Kier alpha value is -0.220. The van der Waals surface area contributed by atoms with Crippen molar-refractivity contribution in [3.05, 3.63) is 0 Å². The molecule has 1 heterocycles. The molecule has 1 saturated heterocycles. The van der Waals surface area contributed by atoms with Gasteiger partial charge in [0.2, 0.25) is 0 Å². The van der Waals surface area contributed by atoms with E-state index in [-0.39, 0.29) is 6.04 Å². The molecule has 0 radical (unpaired) electrons. The highest BCUT2D eigenvalue weighted by molar-refractivity contribution is 8.00. The molecular weight excluding hydrogens is 222 g/mol. The molecule has 1 fully saturated rings. The summed E-state index contributed by atoms with van der Waals surface area (Å²) >= 11 is 1.74. The summed E-state index contributed by atoms with van der Waals surface area (Å²) in [6, 6.07) is -0.350. The van der Waals surface area contributed by atoms with E-state index in [1.807, 2.05) is 0 Å². The third kappa shape index (κ3) is 4.74. The molecule has 94 valence electrons. The lowest BCUT2D eigenvalue weighted by Gasteiger charge is -2.25. The first kappa shape index (κ1) is 13.8. The highest BCUT2D eigenvalue weighted by Gasteiger charge is 2.30. The van der Waals surface area contributed by atoms with Crippen LogP contribution in [0.2, 0.25) is 0 Å². The Balaban J connectivity index is 2.31. The first-order chi connectivity index (χ1) is 7.28. The average molecular weight is 245 g/mol. The first-order valence-electron chi connectivity index (χ1n) is 5.88. The molecule has 2 N–H and O–H groups in total. The summed E-state index contributed by atoms with van der Waals surface area (Å²) in [6.45, 7) is 9.00. The molecule has 1 aliphatic rings. The summed E-state index contributed by atoms with van der Waals surface area (Å²) < 4.78 is 0. The Bertz CT molecular complexity index is 250. The predicted molar refractivity (Wildman–Crippen MR) is 68.7 cm³/mol. The number of aliphatic carboxylic acids is 1. The molecule has 0 aromatic carbocycles. The Morgan fingerprint density at radius 3 is 2.62 bits per heavy atom.